The molecule has 2 aromatic carbocycles. The van der Waals surface area contributed by atoms with Gasteiger partial charge in [0.05, 0.1) is 18.5 Å². The van der Waals surface area contributed by atoms with E-state index >= 15 is 8.78 Å². The molecule has 1 amide bonds. The molecular weight excluding hydrogens is 550 g/mol. The van der Waals surface area contributed by atoms with Gasteiger partial charge in [-0.05, 0) is 61.6 Å². The minimum absolute atomic E-state index is 0.0207. The van der Waals surface area contributed by atoms with Crippen LogP contribution in [0.1, 0.15) is 40.0 Å². The lowest BCUT2D eigenvalue weighted by Gasteiger charge is -2.31. The first-order valence-electron chi connectivity index (χ1n) is 14.5. The Morgan fingerprint density at radius 1 is 1.14 bits per heavy atom. The number of aryl methyl sites for hydroxylation is 1. The van der Waals surface area contributed by atoms with E-state index in [1.54, 1.807) is 16.8 Å². The van der Waals surface area contributed by atoms with Crippen LogP contribution in [0.4, 0.5) is 20.3 Å². The smallest absolute Gasteiger partial charge is 0.254 e. The molecule has 222 valence electrons. The normalized spacial score (nSPS) is 19.3. The predicted octanol–water partition coefficient (Wildman–Crippen LogP) is 5.77. The van der Waals surface area contributed by atoms with Gasteiger partial charge in [-0.15, -0.1) is 0 Å². The fraction of sp³-hybridized carbons (Fsp3) is 0.303. The zero-order valence-corrected chi connectivity index (χ0v) is 23.9. The maximum atomic E-state index is 15.3. The van der Waals surface area contributed by atoms with Crippen LogP contribution in [0.2, 0.25) is 0 Å². The summed E-state index contributed by atoms with van der Waals surface area (Å²) in [6.07, 6.45) is 6.68. The van der Waals surface area contributed by atoms with Gasteiger partial charge in [0.2, 0.25) is 0 Å². The summed E-state index contributed by atoms with van der Waals surface area (Å²) in [6, 6.07) is 14.9. The second-order valence-corrected chi connectivity index (χ2v) is 11.0. The molecule has 2 aliphatic rings. The maximum absolute atomic E-state index is 15.3. The van der Waals surface area contributed by atoms with Crippen molar-refractivity contribution in [1.82, 2.24) is 19.3 Å². The summed E-state index contributed by atoms with van der Waals surface area (Å²) in [4.78, 5) is 24.0. The Bertz CT molecular complexity index is 1680. The number of anilines is 2. The number of likely N-dealkylation sites (tertiary alicyclic amines) is 1. The number of amides is 1. The van der Waals surface area contributed by atoms with E-state index in [9.17, 15) is 4.79 Å². The highest BCUT2D eigenvalue weighted by molar-refractivity contribution is 5.96. The molecule has 2 unspecified atom stereocenters. The van der Waals surface area contributed by atoms with Gasteiger partial charge < -0.3 is 20.7 Å². The molecule has 2 aromatic heterocycles. The average molecular weight is 585 g/mol. The van der Waals surface area contributed by atoms with Crippen LogP contribution < -0.4 is 11.1 Å². The van der Waals surface area contributed by atoms with Crippen LogP contribution in [0.15, 0.2) is 85.1 Å². The van der Waals surface area contributed by atoms with Gasteiger partial charge in [-0.3, -0.25) is 9.20 Å². The number of hydrogen-bond donors (Lipinski definition) is 2. The molecule has 2 atom stereocenters. The number of alkyl halides is 1. The number of imidazole rings is 1. The van der Waals surface area contributed by atoms with E-state index in [2.05, 4.69) is 15.3 Å². The lowest BCUT2D eigenvalue weighted by atomic mass is 9.96. The molecule has 0 spiro atoms. The number of rotatable bonds is 8. The van der Waals surface area contributed by atoms with Crippen LogP contribution in [0.3, 0.4) is 0 Å². The molecule has 4 aromatic rings. The van der Waals surface area contributed by atoms with Crippen LogP contribution in [-0.4, -0.2) is 57.1 Å². The number of aromatic nitrogens is 3. The number of carbonyl (C=O) groups is 1. The van der Waals surface area contributed by atoms with Crippen molar-refractivity contribution in [3.63, 3.8) is 0 Å². The van der Waals surface area contributed by atoms with Crippen molar-refractivity contribution >= 4 is 28.6 Å². The number of nitrogens with zero attached hydrogens (tertiary/aromatic N) is 4. The second-order valence-electron chi connectivity index (χ2n) is 11.0. The molecule has 0 saturated carbocycles. The summed E-state index contributed by atoms with van der Waals surface area (Å²) in [5, 5.41) is 3.27. The second kappa shape index (κ2) is 12.4. The topological polar surface area (TPSA) is 97.8 Å². The molecule has 0 bridgehead atoms. The maximum Gasteiger partial charge on any atom is 0.254 e. The minimum atomic E-state index is -1.94. The third kappa shape index (κ3) is 5.93. The Morgan fingerprint density at radius 2 is 1.93 bits per heavy atom. The summed E-state index contributed by atoms with van der Waals surface area (Å²) in [5.74, 6) is 0.0354. The van der Waals surface area contributed by atoms with Crippen LogP contribution in [0, 0.1) is 12.8 Å². The quantitative estimate of drug-likeness (QED) is 0.273. The standard InChI is InChI=1S/C33H34F2N6O2/c1-21-17-24(7-8-25(21)33(42)40-14-11-22(18-36)12-15-40)39-31-32-38-19-27(41(32)16-13-37-31)26-9-10-28(30(35)29(26)34)43-20-23-5-3-2-4-6-23/h2-10,13,16-17,19,22,28,30H,11-12,14-15,18,20,36H2,1H3,(H,37,39). The molecule has 8 nitrogen and oxygen atoms in total. The number of hydrogen-bond acceptors (Lipinski definition) is 6. The molecule has 3 heterocycles. The van der Waals surface area contributed by atoms with Crippen LogP contribution >= 0.6 is 0 Å². The van der Waals surface area contributed by atoms with E-state index in [-0.39, 0.29) is 18.1 Å². The molecule has 3 N–H and O–H groups in total. The van der Waals surface area contributed by atoms with E-state index < -0.39 is 18.1 Å². The molecule has 1 aliphatic heterocycles. The number of ether oxygens (including phenoxy) is 1. The Morgan fingerprint density at radius 3 is 2.67 bits per heavy atom. The third-order valence-electron chi connectivity index (χ3n) is 8.18. The average Bonchev–Trinajstić information content (AvgIpc) is 3.47. The van der Waals surface area contributed by atoms with Crippen molar-refractivity contribution in [2.45, 2.75) is 38.6 Å². The zero-order valence-electron chi connectivity index (χ0n) is 23.9. The number of fused-ring (bicyclic) bond motifs is 1. The Balaban J connectivity index is 1.18. The monoisotopic (exact) mass is 584 g/mol. The van der Waals surface area contributed by atoms with E-state index in [0.29, 0.717) is 48.3 Å². The highest BCUT2D eigenvalue weighted by atomic mass is 19.2. The van der Waals surface area contributed by atoms with Crippen LogP contribution in [-0.2, 0) is 11.3 Å². The van der Waals surface area contributed by atoms with Gasteiger partial charge in [-0.25, -0.2) is 18.7 Å². The zero-order chi connectivity index (χ0) is 29.9. The number of halogens is 2. The Labute approximate surface area is 248 Å². The number of nitrogens with one attached hydrogen (secondary N) is 1. The van der Waals surface area contributed by atoms with Gasteiger partial charge in [-0.1, -0.05) is 42.5 Å². The van der Waals surface area contributed by atoms with Crippen molar-refractivity contribution in [2.24, 2.45) is 11.7 Å². The first kappa shape index (κ1) is 28.7. The van der Waals surface area contributed by atoms with Gasteiger partial charge in [0.15, 0.2) is 17.6 Å². The van der Waals surface area contributed by atoms with Crippen molar-refractivity contribution < 1.29 is 18.3 Å². The van der Waals surface area contributed by atoms with Gasteiger partial charge >= 0.3 is 0 Å². The van der Waals surface area contributed by atoms with Crippen molar-refractivity contribution in [3.8, 4) is 0 Å². The van der Waals surface area contributed by atoms with E-state index in [4.69, 9.17) is 10.5 Å². The number of allylic oxidation sites excluding steroid dienone is 2. The van der Waals surface area contributed by atoms with Gasteiger partial charge in [0, 0.05) is 42.3 Å². The van der Waals surface area contributed by atoms with Crippen LogP contribution in [0.25, 0.3) is 11.2 Å². The van der Waals surface area contributed by atoms with Gasteiger partial charge in [-0.2, -0.15) is 0 Å². The SMILES string of the molecule is Cc1cc(Nc2nccn3c(C4=C(F)C(F)C(OCc5ccccc5)C=C4)cnc23)ccc1C(=O)N1CCC(CN)CC1. The lowest BCUT2D eigenvalue weighted by Crippen LogP contribution is -2.40. The van der Waals surface area contributed by atoms with Gasteiger partial charge in [0.1, 0.15) is 11.9 Å². The molecule has 6 rings (SSSR count). The highest BCUT2D eigenvalue weighted by Gasteiger charge is 2.31. The lowest BCUT2D eigenvalue weighted by molar-refractivity contribution is 0.0222. The first-order valence-corrected chi connectivity index (χ1v) is 14.5. The number of nitrogens with two attached hydrogens (primary N) is 1. The Hall–Kier alpha value is -4.41. The van der Waals surface area contributed by atoms with E-state index in [0.717, 1.165) is 29.7 Å². The van der Waals surface area contributed by atoms with Crippen molar-refractivity contribution in [2.75, 3.05) is 25.0 Å². The number of piperidine rings is 1. The first-order chi connectivity index (χ1) is 20.9. The summed E-state index contributed by atoms with van der Waals surface area (Å²) in [5.41, 5.74) is 9.85. The minimum Gasteiger partial charge on any atom is -0.366 e. The van der Waals surface area contributed by atoms with Crippen molar-refractivity contribution in [3.05, 3.63) is 107 Å². The predicted molar refractivity (Wildman–Crippen MR) is 162 cm³/mol. The molecular formula is C33H34F2N6O2. The summed E-state index contributed by atoms with van der Waals surface area (Å²) < 4.78 is 37.8. The summed E-state index contributed by atoms with van der Waals surface area (Å²) in [6.45, 7) is 4.17. The largest absolute Gasteiger partial charge is 0.366 e. The van der Waals surface area contributed by atoms with E-state index in [1.807, 2.05) is 60.4 Å². The third-order valence-corrected chi connectivity index (χ3v) is 8.18. The summed E-state index contributed by atoms with van der Waals surface area (Å²) in [7, 11) is 0. The molecule has 1 aliphatic carbocycles. The van der Waals surface area contributed by atoms with E-state index in [1.165, 1.54) is 18.3 Å². The molecule has 10 heteroatoms. The van der Waals surface area contributed by atoms with Crippen LogP contribution in [0.5, 0.6) is 0 Å². The molecule has 1 fully saturated rings. The molecule has 1 saturated heterocycles. The van der Waals surface area contributed by atoms with Crippen molar-refractivity contribution in [1.29, 1.82) is 0 Å². The highest BCUT2D eigenvalue weighted by Crippen LogP contribution is 2.34. The fourth-order valence-electron chi connectivity index (χ4n) is 5.64. The number of benzene rings is 2. The fourth-order valence-corrected chi connectivity index (χ4v) is 5.64. The molecule has 0 radical (unpaired) electrons. The Kier molecular flexibility index (Phi) is 8.31. The molecule has 43 heavy (non-hydrogen) atoms. The summed E-state index contributed by atoms with van der Waals surface area (Å²) >= 11 is 0. The number of carbonyl (C=O) groups excluding carboxylic acids is 1. The van der Waals surface area contributed by atoms with Gasteiger partial charge in [0.25, 0.3) is 5.91 Å².